The monoisotopic (exact) mass is 371 g/mol. The molecule has 3 nitrogen and oxygen atoms in total. The number of hydrogen-bond donors (Lipinski definition) is 1. The number of nitrogens with one attached hydrogen (secondary N) is 1. The molecule has 0 aliphatic carbocycles. The van der Waals surface area contributed by atoms with Gasteiger partial charge in [0.15, 0.2) is 5.82 Å². The third-order valence-electron chi connectivity index (χ3n) is 2.68. The second-order valence-electron chi connectivity index (χ2n) is 4.05. The highest BCUT2D eigenvalue weighted by Gasteiger charge is 2.12. The predicted molar refractivity (Wildman–Crippen MR) is 83.7 cm³/mol. The summed E-state index contributed by atoms with van der Waals surface area (Å²) in [6.07, 6.45) is 0.821. The number of anilines is 1. The lowest BCUT2D eigenvalue weighted by Gasteiger charge is -2.11. The number of hydrogen-bond acceptors (Lipinski definition) is 3. The van der Waals surface area contributed by atoms with Gasteiger partial charge in [0.1, 0.15) is 11.6 Å². The van der Waals surface area contributed by atoms with Crippen LogP contribution in [0.2, 0.25) is 0 Å². The van der Waals surface area contributed by atoms with E-state index in [1.165, 1.54) is 12.1 Å². The molecule has 0 saturated heterocycles. The standard InChI is InChI=1S/C14H15FIN3/c1-3-11-12(16)14(17-4-2)19-13(18-11)9-6-5-7-10(15)8-9/h5-8H,3-4H2,1-2H3,(H,17,18,19). The molecule has 1 heterocycles. The van der Waals surface area contributed by atoms with Gasteiger partial charge in [-0.05, 0) is 48.1 Å². The van der Waals surface area contributed by atoms with Crippen LogP contribution in [0.3, 0.4) is 0 Å². The molecule has 19 heavy (non-hydrogen) atoms. The Morgan fingerprint density at radius 1 is 1.26 bits per heavy atom. The van der Waals surface area contributed by atoms with Gasteiger partial charge in [0.05, 0.1) is 9.26 Å². The number of halogens is 2. The van der Waals surface area contributed by atoms with Gasteiger partial charge in [-0.15, -0.1) is 0 Å². The first-order valence-corrected chi connectivity index (χ1v) is 7.29. The van der Waals surface area contributed by atoms with Crippen LogP contribution in [-0.4, -0.2) is 16.5 Å². The first kappa shape index (κ1) is 14.2. The van der Waals surface area contributed by atoms with Crippen molar-refractivity contribution in [3.8, 4) is 11.4 Å². The summed E-state index contributed by atoms with van der Waals surface area (Å²) in [6, 6.07) is 6.37. The fourth-order valence-corrected chi connectivity index (χ4v) is 2.58. The normalized spacial score (nSPS) is 10.5. The van der Waals surface area contributed by atoms with Gasteiger partial charge in [0.2, 0.25) is 0 Å². The average Bonchev–Trinajstić information content (AvgIpc) is 2.41. The van der Waals surface area contributed by atoms with E-state index in [9.17, 15) is 4.39 Å². The summed E-state index contributed by atoms with van der Waals surface area (Å²) in [5.41, 5.74) is 1.68. The zero-order chi connectivity index (χ0) is 13.8. The summed E-state index contributed by atoms with van der Waals surface area (Å²) in [5.74, 6) is 1.10. The van der Waals surface area contributed by atoms with E-state index in [4.69, 9.17) is 0 Å². The molecule has 1 N–H and O–H groups in total. The fourth-order valence-electron chi connectivity index (χ4n) is 1.77. The van der Waals surface area contributed by atoms with E-state index in [1.807, 2.05) is 13.0 Å². The quantitative estimate of drug-likeness (QED) is 0.829. The summed E-state index contributed by atoms with van der Waals surface area (Å²) < 4.78 is 14.3. The van der Waals surface area contributed by atoms with Crippen molar-refractivity contribution in [2.24, 2.45) is 0 Å². The zero-order valence-corrected chi connectivity index (χ0v) is 13.0. The molecule has 0 radical (unpaired) electrons. The molecular weight excluding hydrogens is 356 g/mol. The lowest BCUT2D eigenvalue weighted by Crippen LogP contribution is -2.07. The summed E-state index contributed by atoms with van der Waals surface area (Å²) in [6.45, 7) is 4.86. The molecule has 0 saturated carbocycles. The van der Waals surface area contributed by atoms with Crippen LogP contribution in [0.15, 0.2) is 24.3 Å². The van der Waals surface area contributed by atoms with E-state index >= 15 is 0 Å². The number of rotatable bonds is 4. The smallest absolute Gasteiger partial charge is 0.161 e. The lowest BCUT2D eigenvalue weighted by molar-refractivity contribution is 0.628. The molecule has 2 aromatic rings. The Bertz CT molecular complexity index is 587. The zero-order valence-electron chi connectivity index (χ0n) is 10.9. The molecule has 0 atom stereocenters. The Labute approximate surface area is 125 Å². The van der Waals surface area contributed by atoms with E-state index in [2.05, 4.69) is 44.8 Å². The molecule has 2 rings (SSSR count). The van der Waals surface area contributed by atoms with Crippen LogP contribution in [0.4, 0.5) is 10.2 Å². The highest BCUT2D eigenvalue weighted by Crippen LogP contribution is 2.24. The van der Waals surface area contributed by atoms with Gasteiger partial charge in [-0.2, -0.15) is 0 Å². The Morgan fingerprint density at radius 3 is 2.68 bits per heavy atom. The minimum atomic E-state index is -0.275. The van der Waals surface area contributed by atoms with Crippen molar-refractivity contribution in [3.63, 3.8) is 0 Å². The first-order valence-electron chi connectivity index (χ1n) is 6.22. The van der Waals surface area contributed by atoms with Gasteiger partial charge in [-0.25, -0.2) is 14.4 Å². The van der Waals surface area contributed by atoms with Crippen molar-refractivity contribution in [1.29, 1.82) is 0 Å². The maximum absolute atomic E-state index is 13.3. The second kappa shape index (κ2) is 6.27. The van der Waals surface area contributed by atoms with E-state index in [0.29, 0.717) is 11.4 Å². The second-order valence-corrected chi connectivity index (χ2v) is 5.13. The van der Waals surface area contributed by atoms with Crippen LogP contribution >= 0.6 is 22.6 Å². The minimum Gasteiger partial charge on any atom is -0.369 e. The Morgan fingerprint density at radius 2 is 2.05 bits per heavy atom. The van der Waals surface area contributed by atoms with Gasteiger partial charge < -0.3 is 5.32 Å². The van der Waals surface area contributed by atoms with Crippen molar-refractivity contribution in [2.45, 2.75) is 20.3 Å². The van der Waals surface area contributed by atoms with Gasteiger partial charge in [0, 0.05) is 12.1 Å². The maximum Gasteiger partial charge on any atom is 0.161 e. The van der Waals surface area contributed by atoms with Crippen LogP contribution in [0.1, 0.15) is 19.5 Å². The third kappa shape index (κ3) is 3.20. The highest BCUT2D eigenvalue weighted by molar-refractivity contribution is 14.1. The van der Waals surface area contributed by atoms with Crippen LogP contribution in [0.5, 0.6) is 0 Å². The molecule has 0 amide bonds. The molecule has 0 unspecified atom stereocenters. The first-order chi connectivity index (χ1) is 9.15. The molecule has 0 aliphatic heterocycles. The minimum absolute atomic E-state index is 0.275. The molecule has 1 aromatic heterocycles. The lowest BCUT2D eigenvalue weighted by atomic mass is 10.2. The maximum atomic E-state index is 13.3. The Kier molecular flexibility index (Phi) is 4.68. The van der Waals surface area contributed by atoms with Crippen molar-refractivity contribution in [1.82, 2.24) is 9.97 Å². The molecule has 0 bridgehead atoms. The van der Waals surface area contributed by atoms with Crippen LogP contribution < -0.4 is 5.32 Å². The number of aromatic nitrogens is 2. The average molecular weight is 371 g/mol. The Balaban J connectivity index is 2.54. The highest BCUT2D eigenvalue weighted by atomic mass is 127. The molecule has 100 valence electrons. The number of benzene rings is 1. The molecule has 0 aliphatic rings. The van der Waals surface area contributed by atoms with Gasteiger partial charge in [-0.3, -0.25) is 0 Å². The van der Waals surface area contributed by atoms with E-state index < -0.39 is 0 Å². The van der Waals surface area contributed by atoms with Gasteiger partial charge >= 0.3 is 0 Å². The summed E-state index contributed by atoms with van der Waals surface area (Å²) >= 11 is 2.25. The van der Waals surface area contributed by atoms with Gasteiger partial charge in [-0.1, -0.05) is 19.1 Å². The fraction of sp³-hybridized carbons (Fsp3) is 0.286. The predicted octanol–water partition coefficient (Wildman–Crippen LogP) is 3.88. The van der Waals surface area contributed by atoms with Crippen molar-refractivity contribution in [2.75, 3.05) is 11.9 Å². The summed E-state index contributed by atoms with van der Waals surface area (Å²) in [5, 5.41) is 3.22. The molecular formula is C14H15FIN3. The number of aryl methyl sites for hydroxylation is 1. The van der Waals surface area contributed by atoms with E-state index in [1.54, 1.807) is 6.07 Å². The van der Waals surface area contributed by atoms with E-state index in [0.717, 1.165) is 28.0 Å². The van der Waals surface area contributed by atoms with E-state index in [-0.39, 0.29) is 5.82 Å². The third-order valence-corrected chi connectivity index (χ3v) is 3.82. The number of nitrogens with zero attached hydrogens (tertiary/aromatic N) is 2. The molecule has 0 spiro atoms. The van der Waals surface area contributed by atoms with Crippen LogP contribution in [0.25, 0.3) is 11.4 Å². The SMILES string of the molecule is CCNc1nc(-c2cccc(F)c2)nc(CC)c1I. The molecule has 0 fully saturated rings. The van der Waals surface area contributed by atoms with Crippen molar-refractivity contribution in [3.05, 3.63) is 39.3 Å². The van der Waals surface area contributed by atoms with Crippen molar-refractivity contribution < 1.29 is 4.39 Å². The van der Waals surface area contributed by atoms with Gasteiger partial charge in [0.25, 0.3) is 0 Å². The summed E-state index contributed by atoms with van der Waals surface area (Å²) in [4.78, 5) is 9.01. The summed E-state index contributed by atoms with van der Waals surface area (Å²) in [7, 11) is 0. The Hall–Kier alpha value is -1.24. The molecule has 5 heteroatoms. The molecule has 1 aromatic carbocycles. The van der Waals surface area contributed by atoms with Crippen LogP contribution in [-0.2, 0) is 6.42 Å². The topological polar surface area (TPSA) is 37.8 Å². The van der Waals surface area contributed by atoms with Crippen LogP contribution in [0, 0.1) is 9.39 Å². The van der Waals surface area contributed by atoms with Crippen molar-refractivity contribution >= 4 is 28.4 Å². The largest absolute Gasteiger partial charge is 0.369 e.